The summed E-state index contributed by atoms with van der Waals surface area (Å²) in [5, 5.41) is 9.10. The predicted octanol–water partition coefficient (Wildman–Crippen LogP) is 2.28. The molecule has 0 unspecified atom stereocenters. The number of carboxylic acids is 1. The third-order valence-electron chi connectivity index (χ3n) is 4.71. The molecule has 0 radical (unpaired) electrons. The van der Waals surface area contributed by atoms with Gasteiger partial charge in [-0.2, -0.15) is 0 Å². The van der Waals surface area contributed by atoms with Gasteiger partial charge in [0.15, 0.2) is 0 Å². The van der Waals surface area contributed by atoms with Gasteiger partial charge in [-0.25, -0.2) is 4.39 Å². The summed E-state index contributed by atoms with van der Waals surface area (Å²) in [7, 11) is 0. The molecule has 1 heterocycles. The van der Waals surface area contributed by atoms with Crippen molar-refractivity contribution in [3.8, 4) is 0 Å². The lowest BCUT2D eigenvalue weighted by Crippen LogP contribution is -2.39. The van der Waals surface area contributed by atoms with E-state index in [-0.39, 0.29) is 24.1 Å². The summed E-state index contributed by atoms with van der Waals surface area (Å²) in [4.78, 5) is 38.8. The maximum Gasteiger partial charge on any atom is 0.308 e. The van der Waals surface area contributed by atoms with Crippen LogP contribution in [0.5, 0.6) is 0 Å². The lowest BCUT2D eigenvalue weighted by Gasteiger charge is -2.25. The summed E-state index contributed by atoms with van der Waals surface area (Å²) < 4.78 is 14.3. The summed E-state index contributed by atoms with van der Waals surface area (Å²) >= 11 is 0. The van der Waals surface area contributed by atoms with E-state index in [0.717, 1.165) is 19.3 Å². The minimum atomic E-state index is -0.990. The van der Waals surface area contributed by atoms with Gasteiger partial charge in [0, 0.05) is 31.2 Å². The number of carbonyl (C=O) groups is 3. The van der Waals surface area contributed by atoms with Crippen molar-refractivity contribution in [1.29, 1.82) is 0 Å². The van der Waals surface area contributed by atoms with Crippen molar-refractivity contribution >= 4 is 23.5 Å². The van der Waals surface area contributed by atoms with Gasteiger partial charge in [-0.05, 0) is 37.5 Å². The standard InChI is InChI=1S/C18H21FN2O4/c1-11(18(24)25)10-21(12-4-5-12)17(23)14-9-13(6-7-15(14)19)20-8-2-3-16(20)22/h6-7,9,11-12H,2-5,8,10H2,1H3,(H,24,25)/t11-/m0/s1. The number of aliphatic carboxylic acids is 1. The highest BCUT2D eigenvalue weighted by Gasteiger charge is 2.36. The molecule has 2 aliphatic rings. The Bertz CT molecular complexity index is 717. The SMILES string of the molecule is C[C@@H](CN(C(=O)c1cc(N2CCCC2=O)ccc1F)C1CC1)C(=O)O. The van der Waals surface area contributed by atoms with Gasteiger partial charge in [0.1, 0.15) is 5.82 Å². The molecule has 1 saturated carbocycles. The molecule has 3 rings (SSSR count). The lowest BCUT2D eigenvalue weighted by molar-refractivity contribution is -0.141. The smallest absolute Gasteiger partial charge is 0.308 e. The lowest BCUT2D eigenvalue weighted by atomic mass is 10.1. The largest absolute Gasteiger partial charge is 0.481 e. The van der Waals surface area contributed by atoms with Crippen LogP contribution in [0.3, 0.4) is 0 Å². The number of carbonyl (C=O) groups excluding carboxylic acids is 2. The number of hydrogen-bond donors (Lipinski definition) is 1. The average molecular weight is 348 g/mol. The third kappa shape index (κ3) is 3.65. The normalized spacial score (nSPS) is 18.3. The molecule has 1 aliphatic carbocycles. The third-order valence-corrected chi connectivity index (χ3v) is 4.71. The molecule has 134 valence electrons. The number of benzene rings is 1. The molecular formula is C18H21FN2O4. The number of hydrogen-bond acceptors (Lipinski definition) is 3. The van der Waals surface area contributed by atoms with Gasteiger partial charge >= 0.3 is 5.97 Å². The van der Waals surface area contributed by atoms with E-state index < -0.39 is 23.6 Å². The van der Waals surface area contributed by atoms with Gasteiger partial charge < -0.3 is 14.9 Å². The first-order valence-corrected chi connectivity index (χ1v) is 8.52. The molecule has 1 aromatic rings. The minimum absolute atomic E-state index is 0.0363. The number of carboxylic acid groups (broad SMARTS) is 1. The van der Waals surface area contributed by atoms with Crippen molar-refractivity contribution in [1.82, 2.24) is 4.90 Å². The van der Waals surface area contributed by atoms with Crippen LogP contribution in [0.2, 0.25) is 0 Å². The predicted molar refractivity (Wildman–Crippen MR) is 88.8 cm³/mol. The van der Waals surface area contributed by atoms with Gasteiger partial charge in [0.05, 0.1) is 11.5 Å². The molecule has 0 bridgehead atoms. The molecule has 1 aromatic carbocycles. The number of amides is 2. The van der Waals surface area contributed by atoms with Crippen LogP contribution in [0.4, 0.5) is 10.1 Å². The highest BCUT2D eigenvalue weighted by Crippen LogP contribution is 2.31. The van der Waals surface area contributed by atoms with E-state index in [1.165, 1.54) is 30.0 Å². The first kappa shape index (κ1) is 17.4. The van der Waals surface area contributed by atoms with Crippen molar-refractivity contribution in [2.24, 2.45) is 5.92 Å². The van der Waals surface area contributed by atoms with Crippen LogP contribution in [0.15, 0.2) is 18.2 Å². The van der Waals surface area contributed by atoms with Gasteiger partial charge in [-0.15, -0.1) is 0 Å². The van der Waals surface area contributed by atoms with Crippen molar-refractivity contribution in [2.45, 2.75) is 38.6 Å². The van der Waals surface area contributed by atoms with Crippen LogP contribution in [-0.2, 0) is 9.59 Å². The Hall–Kier alpha value is -2.44. The Labute approximate surface area is 145 Å². The number of anilines is 1. The fourth-order valence-electron chi connectivity index (χ4n) is 3.08. The Morgan fingerprint density at radius 3 is 2.68 bits per heavy atom. The van der Waals surface area contributed by atoms with Gasteiger partial charge in [0.2, 0.25) is 5.91 Å². The summed E-state index contributed by atoms with van der Waals surface area (Å²) in [6.45, 7) is 2.13. The molecular weight excluding hydrogens is 327 g/mol. The second-order valence-electron chi connectivity index (χ2n) is 6.74. The van der Waals surface area contributed by atoms with E-state index in [4.69, 9.17) is 5.11 Å². The number of rotatable bonds is 6. The zero-order valence-electron chi connectivity index (χ0n) is 14.1. The quantitative estimate of drug-likeness (QED) is 0.855. The van der Waals surface area contributed by atoms with E-state index in [9.17, 15) is 18.8 Å². The van der Waals surface area contributed by atoms with E-state index in [1.807, 2.05) is 0 Å². The molecule has 1 N–H and O–H groups in total. The van der Waals surface area contributed by atoms with E-state index in [0.29, 0.717) is 18.7 Å². The fraction of sp³-hybridized carbons (Fsp3) is 0.500. The van der Waals surface area contributed by atoms with Crippen molar-refractivity contribution in [2.75, 3.05) is 18.0 Å². The van der Waals surface area contributed by atoms with Gasteiger partial charge in [-0.1, -0.05) is 6.92 Å². The maximum atomic E-state index is 14.3. The molecule has 0 aromatic heterocycles. The molecule has 1 saturated heterocycles. The summed E-state index contributed by atoms with van der Waals surface area (Å²) in [5.74, 6) is -2.93. The second-order valence-corrected chi connectivity index (χ2v) is 6.74. The minimum Gasteiger partial charge on any atom is -0.481 e. The van der Waals surface area contributed by atoms with Crippen molar-refractivity contribution < 1.29 is 23.9 Å². The number of halogens is 1. The van der Waals surface area contributed by atoms with Crippen molar-refractivity contribution in [3.05, 3.63) is 29.6 Å². The van der Waals surface area contributed by atoms with Crippen LogP contribution in [-0.4, -0.2) is 46.9 Å². The molecule has 1 atom stereocenters. The summed E-state index contributed by atoms with van der Waals surface area (Å²) in [6.07, 6.45) is 2.78. The zero-order valence-corrected chi connectivity index (χ0v) is 14.1. The van der Waals surface area contributed by atoms with Crippen LogP contribution in [0.25, 0.3) is 0 Å². The monoisotopic (exact) mass is 348 g/mol. The van der Waals surface area contributed by atoms with E-state index in [2.05, 4.69) is 0 Å². The average Bonchev–Trinajstić information content (AvgIpc) is 3.33. The van der Waals surface area contributed by atoms with Gasteiger partial charge in [0.25, 0.3) is 5.91 Å². The molecule has 2 fully saturated rings. The molecule has 1 aliphatic heterocycles. The highest BCUT2D eigenvalue weighted by atomic mass is 19.1. The van der Waals surface area contributed by atoms with Gasteiger partial charge in [-0.3, -0.25) is 14.4 Å². The summed E-state index contributed by atoms with van der Waals surface area (Å²) in [6, 6.07) is 4.06. The molecule has 7 heteroatoms. The Morgan fingerprint density at radius 2 is 2.12 bits per heavy atom. The van der Waals surface area contributed by atoms with Crippen LogP contribution in [0.1, 0.15) is 43.0 Å². The first-order valence-electron chi connectivity index (χ1n) is 8.52. The topological polar surface area (TPSA) is 77.9 Å². The highest BCUT2D eigenvalue weighted by molar-refractivity contribution is 5.99. The first-order chi connectivity index (χ1) is 11.9. The van der Waals surface area contributed by atoms with Crippen LogP contribution < -0.4 is 4.90 Å². The fourth-order valence-corrected chi connectivity index (χ4v) is 3.08. The zero-order chi connectivity index (χ0) is 18.1. The molecule has 25 heavy (non-hydrogen) atoms. The Balaban J connectivity index is 1.86. The Kier molecular flexibility index (Phi) is 4.74. The second kappa shape index (κ2) is 6.82. The molecule has 6 nitrogen and oxygen atoms in total. The van der Waals surface area contributed by atoms with Crippen LogP contribution >= 0.6 is 0 Å². The summed E-state index contributed by atoms with van der Waals surface area (Å²) in [5.41, 5.74) is 0.399. The van der Waals surface area contributed by atoms with E-state index >= 15 is 0 Å². The van der Waals surface area contributed by atoms with Crippen molar-refractivity contribution in [3.63, 3.8) is 0 Å². The maximum absolute atomic E-state index is 14.3. The van der Waals surface area contributed by atoms with E-state index in [1.54, 1.807) is 4.90 Å². The molecule has 2 amide bonds. The Morgan fingerprint density at radius 1 is 1.40 bits per heavy atom. The number of nitrogens with zero attached hydrogens (tertiary/aromatic N) is 2. The van der Waals surface area contributed by atoms with Crippen LogP contribution in [0, 0.1) is 11.7 Å². The molecule has 0 spiro atoms.